The molecule has 0 atom stereocenters. The van der Waals surface area contributed by atoms with Crippen molar-refractivity contribution in [1.29, 1.82) is 0 Å². The van der Waals surface area contributed by atoms with E-state index in [0.29, 0.717) is 29.5 Å². The van der Waals surface area contributed by atoms with Gasteiger partial charge in [-0.1, -0.05) is 106 Å². The maximum Gasteiger partial charge on any atom is 0.166 e. The Hall–Kier alpha value is -2.96. The molecule has 4 rings (SSSR count). The zero-order valence-electron chi connectivity index (χ0n) is 24.7. The van der Waals surface area contributed by atoms with Crippen LogP contribution in [0.5, 0.6) is 0 Å². The average molecular weight is 583 g/mol. The number of unbranched alkanes of at least 4 members (excludes halogenated alkanes) is 6. The fraction of sp³-hybridized carbons (Fsp3) is 0.444. The number of halogens is 4. The molecule has 0 aliphatic carbocycles. The lowest BCUT2D eigenvalue weighted by atomic mass is 9.94. The topological polar surface area (TPSA) is 18.5 Å². The lowest BCUT2D eigenvalue weighted by Crippen LogP contribution is -2.31. The van der Waals surface area contributed by atoms with Crippen molar-refractivity contribution in [1.82, 2.24) is 0 Å². The third-order valence-electron chi connectivity index (χ3n) is 8.04. The molecule has 1 aliphatic rings. The van der Waals surface area contributed by atoms with Gasteiger partial charge in [0.2, 0.25) is 0 Å². The molecule has 42 heavy (non-hydrogen) atoms. The van der Waals surface area contributed by atoms with E-state index in [1.54, 1.807) is 48.5 Å². The molecule has 1 fully saturated rings. The van der Waals surface area contributed by atoms with Crippen LogP contribution < -0.4 is 0 Å². The van der Waals surface area contributed by atoms with Crippen molar-refractivity contribution in [3.8, 4) is 22.3 Å². The highest BCUT2D eigenvalue weighted by molar-refractivity contribution is 5.71. The second kappa shape index (κ2) is 16.0. The second-order valence-electron chi connectivity index (χ2n) is 11.1. The second-order valence-corrected chi connectivity index (χ2v) is 11.1. The lowest BCUT2D eigenvalue weighted by Gasteiger charge is -2.30. The first-order valence-corrected chi connectivity index (χ1v) is 15.3. The van der Waals surface area contributed by atoms with E-state index >= 15 is 13.2 Å². The van der Waals surface area contributed by atoms with E-state index in [0.717, 1.165) is 25.7 Å². The van der Waals surface area contributed by atoms with E-state index in [-0.39, 0.29) is 36.2 Å². The quantitative estimate of drug-likeness (QED) is 0.107. The SMILES string of the molecule is CC=CCCC1OCC(c2ccc(-c3ccc(-c4ccc(CCCCCCCCC)c(F)c4F)cc3)c(F)c2F)CO1. The first kappa shape index (κ1) is 32.0. The van der Waals surface area contributed by atoms with Crippen LogP contribution in [-0.4, -0.2) is 19.5 Å². The predicted octanol–water partition coefficient (Wildman–Crippen LogP) is 10.7. The summed E-state index contributed by atoms with van der Waals surface area (Å²) in [5.74, 6) is -3.98. The van der Waals surface area contributed by atoms with Crippen LogP contribution in [0.15, 0.2) is 60.7 Å². The van der Waals surface area contributed by atoms with Gasteiger partial charge in [-0.3, -0.25) is 0 Å². The largest absolute Gasteiger partial charge is 0.352 e. The normalized spacial score (nSPS) is 17.3. The molecule has 1 saturated heterocycles. The number of hydrogen-bond acceptors (Lipinski definition) is 2. The summed E-state index contributed by atoms with van der Waals surface area (Å²) >= 11 is 0. The predicted molar refractivity (Wildman–Crippen MR) is 161 cm³/mol. The van der Waals surface area contributed by atoms with E-state index in [4.69, 9.17) is 9.47 Å². The number of allylic oxidation sites excluding steroid dienone is 2. The Kier molecular flexibility index (Phi) is 12.2. The van der Waals surface area contributed by atoms with Crippen LogP contribution in [-0.2, 0) is 15.9 Å². The molecule has 1 heterocycles. The Labute approximate surface area is 247 Å². The number of ether oxygens (including phenoxy) is 2. The van der Waals surface area contributed by atoms with Gasteiger partial charge in [-0.15, -0.1) is 0 Å². The molecule has 0 N–H and O–H groups in total. The Morgan fingerprint density at radius 2 is 1.26 bits per heavy atom. The van der Waals surface area contributed by atoms with Crippen LogP contribution >= 0.6 is 0 Å². The molecular formula is C36H42F4O2. The standard InChI is InChI=1S/C36H42F4O2/c1-3-5-7-8-9-10-12-13-27-19-20-29(34(38)33(27)37)25-15-17-26(18-16-25)30-21-22-31(36(40)35(30)39)28-23-41-32(42-24-28)14-11-6-4-2/h4,6,15-22,28,32H,3,5,7-14,23-24H2,1-2H3. The first-order valence-electron chi connectivity index (χ1n) is 15.3. The molecule has 0 bridgehead atoms. The van der Waals surface area contributed by atoms with Gasteiger partial charge in [0.25, 0.3) is 0 Å². The van der Waals surface area contributed by atoms with Gasteiger partial charge in [0.05, 0.1) is 13.2 Å². The fourth-order valence-electron chi connectivity index (χ4n) is 5.50. The van der Waals surface area contributed by atoms with Gasteiger partial charge >= 0.3 is 0 Å². The van der Waals surface area contributed by atoms with E-state index in [2.05, 4.69) is 6.92 Å². The summed E-state index contributed by atoms with van der Waals surface area (Å²) in [6.45, 7) is 4.64. The highest BCUT2D eigenvalue weighted by atomic mass is 19.2. The number of aryl methyl sites for hydroxylation is 1. The van der Waals surface area contributed by atoms with E-state index in [1.807, 2.05) is 19.1 Å². The molecule has 1 aliphatic heterocycles. The average Bonchev–Trinajstić information content (AvgIpc) is 3.01. The van der Waals surface area contributed by atoms with E-state index < -0.39 is 29.2 Å². The third-order valence-corrected chi connectivity index (χ3v) is 8.04. The zero-order valence-corrected chi connectivity index (χ0v) is 24.7. The van der Waals surface area contributed by atoms with E-state index in [1.165, 1.54) is 25.7 Å². The van der Waals surface area contributed by atoms with Gasteiger partial charge in [0.15, 0.2) is 29.6 Å². The molecule has 0 spiro atoms. The highest BCUT2D eigenvalue weighted by Crippen LogP contribution is 2.34. The van der Waals surface area contributed by atoms with Crippen LogP contribution in [0.2, 0.25) is 0 Å². The molecule has 0 amide bonds. The van der Waals surface area contributed by atoms with Crippen LogP contribution in [0.25, 0.3) is 22.3 Å². The van der Waals surface area contributed by atoms with Crippen molar-refractivity contribution in [2.45, 2.75) is 90.3 Å². The first-order chi connectivity index (χ1) is 20.4. The molecule has 0 unspecified atom stereocenters. The van der Waals surface area contributed by atoms with Crippen molar-refractivity contribution in [3.05, 3.63) is 95.1 Å². The monoisotopic (exact) mass is 582 g/mol. The van der Waals surface area contributed by atoms with Crippen LogP contribution in [0.4, 0.5) is 17.6 Å². The van der Waals surface area contributed by atoms with Gasteiger partial charge < -0.3 is 9.47 Å². The van der Waals surface area contributed by atoms with Crippen LogP contribution in [0.3, 0.4) is 0 Å². The molecule has 0 saturated carbocycles. The molecule has 0 radical (unpaired) electrons. The van der Waals surface area contributed by atoms with Gasteiger partial charge in [0.1, 0.15) is 0 Å². The molecular weight excluding hydrogens is 540 g/mol. The third kappa shape index (κ3) is 8.11. The molecule has 2 nitrogen and oxygen atoms in total. The summed E-state index contributed by atoms with van der Waals surface area (Å²) < 4.78 is 71.7. The molecule has 3 aromatic carbocycles. The van der Waals surface area contributed by atoms with Crippen molar-refractivity contribution < 1.29 is 27.0 Å². The number of benzene rings is 3. The summed E-state index contributed by atoms with van der Waals surface area (Å²) in [7, 11) is 0. The molecule has 0 aromatic heterocycles. The van der Waals surface area contributed by atoms with Crippen LogP contribution in [0, 0.1) is 23.3 Å². The fourth-order valence-corrected chi connectivity index (χ4v) is 5.50. The van der Waals surface area contributed by atoms with Gasteiger partial charge in [0, 0.05) is 23.5 Å². The van der Waals surface area contributed by atoms with Crippen molar-refractivity contribution in [2.75, 3.05) is 13.2 Å². The summed E-state index contributed by atoms with van der Waals surface area (Å²) in [6.07, 6.45) is 13.5. The minimum Gasteiger partial charge on any atom is -0.352 e. The summed E-state index contributed by atoms with van der Waals surface area (Å²) in [5.41, 5.74) is 1.76. The smallest absolute Gasteiger partial charge is 0.166 e. The van der Waals surface area contributed by atoms with Crippen LogP contribution in [0.1, 0.15) is 88.7 Å². The molecule has 3 aromatic rings. The zero-order chi connectivity index (χ0) is 29.9. The number of hydrogen-bond donors (Lipinski definition) is 0. The van der Waals surface area contributed by atoms with Gasteiger partial charge in [-0.25, -0.2) is 17.6 Å². The Bertz CT molecular complexity index is 1310. The van der Waals surface area contributed by atoms with Gasteiger partial charge in [-0.05, 0) is 48.4 Å². The lowest BCUT2D eigenvalue weighted by molar-refractivity contribution is -0.189. The van der Waals surface area contributed by atoms with Gasteiger partial charge in [-0.2, -0.15) is 0 Å². The summed E-state index contributed by atoms with van der Waals surface area (Å²) in [6, 6.07) is 12.7. The maximum absolute atomic E-state index is 15.2. The number of rotatable bonds is 14. The summed E-state index contributed by atoms with van der Waals surface area (Å²) in [4.78, 5) is 0. The molecule has 6 heteroatoms. The van der Waals surface area contributed by atoms with E-state index in [9.17, 15) is 4.39 Å². The van der Waals surface area contributed by atoms with Crippen molar-refractivity contribution in [2.24, 2.45) is 0 Å². The minimum atomic E-state index is -0.956. The van der Waals surface area contributed by atoms with Crippen molar-refractivity contribution in [3.63, 3.8) is 0 Å². The highest BCUT2D eigenvalue weighted by Gasteiger charge is 2.27. The summed E-state index contributed by atoms with van der Waals surface area (Å²) in [5, 5.41) is 0. The molecule has 226 valence electrons. The minimum absolute atomic E-state index is 0.0985. The maximum atomic E-state index is 15.2. The Morgan fingerprint density at radius 1 is 0.690 bits per heavy atom. The Morgan fingerprint density at radius 3 is 1.88 bits per heavy atom. The Balaban J connectivity index is 1.39. The van der Waals surface area contributed by atoms with Crippen molar-refractivity contribution >= 4 is 0 Å².